The van der Waals surface area contributed by atoms with E-state index in [0.29, 0.717) is 0 Å². The van der Waals surface area contributed by atoms with E-state index in [1.807, 2.05) is 0 Å². The van der Waals surface area contributed by atoms with Gasteiger partial charge in [-0.05, 0) is 92.7 Å². The first-order valence-electron chi connectivity index (χ1n) is 16.6. The van der Waals surface area contributed by atoms with Crippen LogP contribution in [-0.4, -0.2) is 9.13 Å². The normalized spacial score (nSPS) is 12.2. The molecule has 0 spiro atoms. The van der Waals surface area contributed by atoms with Crippen LogP contribution in [0.4, 0.5) is 0 Å². The lowest BCUT2D eigenvalue weighted by molar-refractivity contribution is 1.17. The quantitative estimate of drug-likeness (QED) is 0.189. The van der Waals surface area contributed by atoms with Gasteiger partial charge in [-0.25, -0.2) is 0 Å². The minimum Gasteiger partial charge on any atom is -0.309 e. The van der Waals surface area contributed by atoms with E-state index >= 15 is 0 Å². The first kappa shape index (κ1) is 25.8. The molecule has 2 nitrogen and oxygen atoms in total. The molecule has 222 valence electrons. The lowest BCUT2D eigenvalue weighted by Gasteiger charge is -2.13. The molecule has 0 fully saturated rings. The average Bonchev–Trinajstić information content (AvgIpc) is 3.78. The van der Waals surface area contributed by atoms with Crippen molar-refractivity contribution in [3.63, 3.8) is 0 Å². The van der Waals surface area contributed by atoms with Crippen molar-refractivity contribution in [3.8, 4) is 44.8 Å². The second-order valence-electron chi connectivity index (χ2n) is 12.9. The predicted molar refractivity (Wildman–Crippen MR) is 202 cm³/mol. The minimum atomic E-state index is 1.16. The van der Waals surface area contributed by atoms with Crippen LogP contribution in [0.15, 0.2) is 170 Å². The Bertz CT molecular complexity index is 2870. The van der Waals surface area contributed by atoms with Crippen LogP contribution in [0, 0.1) is 0 Å². The fourth-order valence-corrected chi connectivity index (χ4v) is 8.45. The van der Waals surface area contributed by atoms with Crippen molar-refractivity contribution in [1.29, 1.82) is 0 Å². The van der Waals surface area contributed by atoms with E-state index in [1.165, 1.54) is 93.5 Å². The van der Waals surface area contributed by atoms with Gasteiger partial charge in [0, 0.05) is 32.9 Å². The number of para-hydroxylation sites is 3. The molecular formula is C46H28N2. The molecule has 8 aromatic carbocycles. The second-order valence-corrected chi connectivity index (χ2v) is 12.9. The highest BCUT2D eigenvalue weighted by atomic mass is 15.0. The standard InChI is InChI=1S/C46H28N2/c1-2-14-34-33(13-1)39-19-10-18-38-32(24-25-40(34)46(38)39)29-11-9-12-30(27-29)47-44-22-8-5-17-37(44)41-28-31(23-26-45(41)47)48-42-20-6-3-15-35(42)36-16-4-7-21-43(36)48/h1-28H. The molecule has 1 aliphatic rings. The maximum absolute atomic E-state index is 2.43. The molecule has 0 N–H and O–H groups in total. The zero-order valence-corrected chi connectivity index (χ0v) is 26.1. The van der Waals surface area contributed by atoms with Gasteiger partial charge in [0.05, 0.1) is 22.1 Å². The number of hydrogen-bond acceptors (Lipinski definition) is 0. The van der Waals surface area contributed by atoms with E-state index in [9.17, 15) is 0 Å². The summed E-state index contributed by atoms with van der Waals surface area (Å²) in [6.45, 7) is 0. The number of hydrogen-bond donors (Lipinski definition) is 0. The Morgan fingerprint density at radius 1 is 0.271 bits per heavy atom. The van der Waals surface area contributed by atoms with Gasteiger partial charge in [-0.2, -0.15) is 0 Å². The number of benzene rings is 8. The molecule has 0 saturated carbocycles. The Kier molecular flexibility index (Phi) is 5.14. The Hall–Kier alpha value is -6.38. The van der Waals surface area contributed by atoms with E-state index in [-0.39, 0.29) is 0 Å². The Labute approximate surface area is 277 Å². The summed E-state index contributed by atoms with van der Waals surface area (Å²) < 4.78 is 4.84. The summed E-state index contributed by atoms with van der Waals surface area (Å²) in [5, 5.41) is 7.72. The SMILES string of the molecule is c1cc(-c2ccc3c4c(cccc24)-c2ccccc2-3)cc(-n2c3ccccc3c3cc(-n4c5ccccc5c5ccccc54)ccc32)c1. The van der Waals surface area contributed by atoms with Gasteiger partial charge >= 0.3 is 0 Å². The van der Waals surface area contributed by atoms with Crippen LogP contribution in [0.3, 0.4) is 0 Å². The molecule has 2 heteroatoms. The van der Waals surface area contributed by atoms with Crippen molar-refractivity contribution >= 4 is 54.4 Å². The molecular weight excluding hydrogens is 581 g/mol. The monoisotopic (exact) mass is 608 g/mol. The lowest BCUT2D eigenvalue weighted by Crippen LogP contribution is -1.96. The minimum absolute atomic E-state index is 1.16. The van der Waals surface area contributed by atoms with Crippen molar-refractivity contribution in [2.24, 2.45) is 0 Å². The van der Waals surface area contributed by atoms with Gasteiger partial charge in [0.25, 0.3) is 0 Å². The number of aromatic nitrogens is 2. The van der Waals surface area contributed by atoms with Crippen LogP contribution in [0.2, 0.25) is 0 Å². The molecule has 0 radical (unpaired) electrons. The van der Waals surface area contributed by atoms with Crippen molar-refractivity contribution in [2.75, 3.05) is 0 Å². The molecule has 48 heavy (non-hydrogen) atoms. The van der Waals surface area contributed by atoms with Gasteiger partial charge in [-0.3, -0.25) is 0 Å². The summed E-state index contributed by atoms with van der Waals surface area (Å²) in [6, 6.07) is 62.4. The zero-order valence-electron chi connectivity index (χ0n) is 26.1. The first-order chi connectivity index (χ1) is 23.8. The summed E-state index contributed by atoms with van der Waals surface area (Å²) in [4.78, 5) is 0. The molecule has 1 aliphatic carbocycles. The molecule has 0 amide bonds. The average molecular weight is 609 g/mol. The smallest absolute Gasteiger partial charge is 0.0542 e. The molecule has 2 aromatic heterocycles. The summed E-state index contributed by atoms with van der Waals surface area (Å²) in [7, 11) is 0. The number of rotatable bonds is 3. The van der Waals surface area contributed by atoms with E-state index < -0.39 is 0 Å². The predicted octanol–water partition coefficient (Wildman–Crippen LogP) is 12.3. The van der Waals surface area contributed by atoms with E-state index in [1.54, 1.807) is 0 Å². The fourth-order valence-electron chi connectivity index (χ4n) is 8.45. The van der Waals surface area contributed by atoms with E-state index in [2.05, 4.69) is 179 Å². The van der Waals surface area contributed by atoms with Gasteiger partial charge in [0.15, 0.2) is 0 Å². The third kappa shape index (κ3) is 3.41. The topological polar surface area (TPSA) is 9.86 Å². The molecule has 11 rings (SSSR count). The summed E-state index contributed by atoms with van der Waals surface area (Å²) in [5.41, 5.74) is 15.0. The lowest BCUT2D eigenvalue weighted by atomic mass is 9.94. The van der Waals surface area contributed by atoms with Crippen LogP contribution >= 0.6 is 0 Å². The van der Waals surface area contributed by atoms with Crippen LogP contribution in [0.25, 0.3) is 99.1 Å². The first-order valence-corrected chi connectivity index (χ1v) is 16.6. The third-order valence-electron chi connectivity index (χ3n) is 10.5. The van der Waals surface area contributed by atoms with Crippen molar-refractivity contribution in [2.45, 2.75) is 0 Å². The summed E-state index contributed by atoms with van der Waals surface area (Å²) >= 11 is 0. The van der Waals surface area contributed by atoms with Gasteiger partial charge in [0.2, 0.25) is 0 Å². The van der Waals surface area contributed by atoms with Gasteiger partial charge < -0.3 is 9.13 Å². The molecule has 10 aromatic rings. The van der Waals surface area contributed by atoms with Gasteiger partial charge in [-0.1, -0.05) is 121 Å². The molecule has 2 heterocycles. The van der Waals surface area contributed by atoms with Gasteiger partial charge in [-0.15, -0.1) is 0 Å². The van der Waals surface area contributed by atoms with Crippen LogP contribution in [0.5, 0.6) is 0 Å². The Morgan fingerprint density at radius 3 is 1.44 bits per heavy atom. The molecule has 0 aliphatic heterocycles. The van der Waals surface area contributed by atoms with Crippen LogP contribution in [0.1, 0.15) is 0 Å². The summed E-state index contributed by atoms with van der Waals surface area (Å²) in [6.07, 6.45) is 0. The highest BCUT2D eigenvalue weighted by Crippen LogP contribution is 2.49. The number of fused-ring (bicyclic) bond motifs is 9. The molecule has 0 bridgehead atoms. The summed E-state index contributed by atoms with van der Waals surface area (Å²) in [5.74, 6) is 0. The van der Waals surface area contributed by atoms with Crippen LogP contribution < -0.4 is 0 Å². The molecule has 0 unspecified atom stereocenters. The fraction of sp³-hybridized carbons (Fsp3) is 0. The largest absolute Gasteiger partial charge is 0.309 e. The highest BCUT2D eigenvalue weighted by molar-refractivity contribution is 6.19. The number of nitrogens with zero attached hydrogens (tertiary/aromatic N) is 2. The van der Waals surface area contributed by atoms with Crippen molar-refractivity contribution in [3.05, 3.63) is 170 Å². The van der Waals surface area contributed by atoms with Gasteiger partial charge in [0.1, 0.15) is 0 Å². The van der Waals surface area contributed by atoms with Crippen molar-refractivity contribution in [1.82, 2.24) is 9.13 Å². The van der Waals surface area contributed by atoms with Crippen molar-refractivity contribution < 1.29 is 0 Å². The highest BCUT2D eigenvalue weighted by Gasteiger charge is 2.22. The maximum Gasteiger partial charge on any atom is 0.0542 e. The van der Waals surface area contributed by atoms with Crippen LogP contribution in [-0.2, 0) is 0 Å². The third-order valence-corrected chi connectivity index (χ3v) is 10.5. The molecule has 0 saturated heterocycles. The Balaban J connectivity index is 1.12. The second kappa shape index (κ2) is 9.57. The molecule has 0 atom stereocenters. The van der Waals surface area contributed by atoms with E-state index in [4.69, 9.17) is 0 Å². The van der Waals surface area contributed by atoms with E-state index in [0.717, 1.165) is 5.69 Å². The zero-order chi connectivity index (χ0) is 31.3. The Morgan fingerprint density at radius 2 is 0.750 bits per heavy atom. The maximum atomic E-state index is 2.43.